The predicted molar refractivity (Wildman–Crippen MR) is 100 cm³/mol. The number of amides is 1. The summed E-state index contributed by atoms with van der Waals surface area (Å²) in [5.74, 6) is 0.157. The fourth-order valence-electron chi connectivity index (χ4n) is 3.83. The molecule has 0 spiro atoms. The Morgan fingerprint density at radius 1 is 1.07 bits per heavy atom. The van der Waals surface area contributed by atoms with Crippen LogP contribution in [0, 0.1) is 0 Å². The van der Waals surface area contributed by atoms with Gasteiger partial charge in [-0.1, -0.05) is 44.4 Å². The molecule has 2 aliphatic heterocycles. The van der Waals surface area contributed by atoms with Gasteiger partial charge in [-0.05, 0) is 18.6 Å². The first-order valence-corrected chi connectivity index (χ1v) is 9.34. The Labute approximate surface area is 157 Å². The summed E-state index contributed by atoms with van der Waals surface area (Å²) in [5.41, 5.74) is -0.689. The van der Waals surface area contributed by atoms with E-state index in [4.69, 9.17) is 9.47 Å². The fourth-order valence-corrected chi connectivity index (χ4v) is 3.83. The number of hydrogen-bond donors (Lipinski definition) is 2. The molecule has 0 saturated heterocycles. The first-order valence-electron chi connectivity index (χ1n) is 9.34. The number of ether oxygens (including phenoxy) is 2. The highest BCUT2D eigenvalue weighted by atomic mass is 16.7. The lowest BCUT2D eigenvalue weighted by atomic mass is 9.86. The van der Waals surface area contributed by atoms with Crippen LogP contribution < -0.4 is 14.4 Å². The number of benzene rings is 2. The van der Waals surface area contributed by atoms with Crippen LogP contribution in [0.3, 0.4) is 0 Å². The standard InChI is InChI=1S/C21H23NO5/c1-2-3-4-7-10-22-16-9-6-5-8-14(16)21(25,20(22)24)15-11-18-19(12-17(15)23)27-13-26-18/h5-6,8-9,11-12,23,25H,2-4,7,10,13H2,1H3. The molecule has 0 radical (unpaired) electrons. The molecule has 2 N–H and O–H groups in total. The molecule has 0 aromatic heterocycles. The number of carbonyl (C=O) groups is 1. The largest absolute Gasteiger partial charge is 0.507 e. The lowest BCUT2D eigenvalue weighted by Gasteiger charge is -2.24. The fraction of sp³-hybridized carbons (Fsp3) is 0.381. The van der Waals surface area contributed by atoms with Gasteiger partial charge in [-0.15, -0.1) is 0 Å². The molecule has 4 rings (SSSR count). The van der Waals surface area contributed by atoms with Crippen molar-refractivity contribution in [3.05, 3.63) is 47.5 Å². The van der Waals surface area contributed by atoms with Gasteiger partial charge in [0.15, 0.2) is 11.5 Å². The van der Waals surface area contributed by atoms with E-state index in [0.29, 0.717) is 29.3 Å². The van der Waals surface area contributed by atoms with Crippen molar-refractivity contribution in [3.63, 3.8) is 0 Å². The number of fused-ring (bicyclic) bond motifs is 2. The molecule has 2 aliphatic rings. The van der Waals surface area contributed by atoms with Gasteiger partial charge in [-0.2, -0.15) is 0 Å². The summed E-state index contributed by atoms with van der Waals surface area (Å²) in [6.07, 6.45) is 4.10. The van der Waals surface area contributed by atoms with Crippen molar-refractivity contribution in [2.45, 2.75) is 38.2 Å². The molecule has 142 valence electrons. The van der Waals surface area contributed by atoms with Crippen LogP contribution in [-0.4, -0.2) is 29.5 Å². The molecule has 0 saturated carbocycles. The van der Waals surface area contributed by atoms with Crippen molar-refractivity contribution in [1.82, 2.24) is 0 Å². The minimum atomic E-state index is -1.95. The van der Waals surface area contributed by atoms with Gasteiger partial charge in [0.05, 0.1) is 5.69 Å². The Kier molecular flexibility index (Phi) is 4.44. The number of phenolic OH excluding ortho intramolecular Hbond substituents is 1. The van der Waals surface area contributed by atoms with Gasteiger partial charge in [-0.3, -0.25) is 4.79 Å². The van der Waals surface area contributed by atoms with Crippen molar-refractivity contribution >= 4 is 11.6 Å². The summed E-state index contributed by atoms with van der Waals surface area (Å²) in [5, 5.41) is 22.0. The average molecular weight is 369 g/mol. The molecule has 2 heterocycles. The van der Waals surface area contributed by atoms with E-state index in [1.54, 1.807) is 17.0 Å². The zero-order valence-electron chi connectivity index (χ0n) is 15.3. The number of nitrogens with zero attached hydrogens (tertiary/aromatic N) is 1. The van der Waals surface area contributed by atoms with Crippen LogP contribution in [0.15, 0.2) is 36.4 Å². The SMILES string of the molecule is CCCCCCN1C(=O)C(O)(c2cc3c(cc2O)OCO3)c2ccccc21. The van der Waals surface area contributed by atoms with E-state index in [-0.39, 0.29) is 18.1 Å². The third kappa shape index (κ3) is 2.72. The highest BCUT2D eigenvalue weighted by Crippen LogP contribution is 2.49. The van der Waals surface area contributed by atoms with Gasteiger partial charge in [0.2, 0.25) is 12.4 Å². The quantitative estimate of drug-likeness (QED) is 0.764. The summed E-state index contributed by atoms with van der Waals surface area (Å²) < 4.78 is 10.6. The van der Waals surface area contributed by atoms with Crippen LogP contribution in [-0.2, 0) is 10.4 Å². The van der Waals surface area contributed by atoms with Gasteiger partial charge in [0, 0.05) is 23.7 Å². The van der Waals surface area contributed by atoms with Crippen molar-refractivity contribution in [1.29, 1.82) is 0 Å². The summed E-state index contributed by atoms with van der Waals surface area (Å²) >= 11 is 0. The minimum Gasteiger partial charge on any atom is -0.507 e. The number of phenols is 1. The van der Waals surface area contributed by atoms with Crippen LogP contribution in [0.25, 0.3) is 0 Å². The minimum absolute atomic E-state index is 0.0464. The van der Waals surface area contributed by atoms with Crippen molar-refractivity contribution in [2.75, 3.05) is 18.2 Å². The Bertz CT molecular complexity index is 881. The maximum atomic E-state index is 13.3. The van der Waals surface area contributed by atoms with Crippen LogP contribution in [0.4, 0.5) is 5.69 Å². The molecule has 6 heteroatoms. The molecule has 2 aromatic carbocycles. The molecule has 0 fully saturated rings. The second-order valence-electron chi connectivity index (χ2n) is 6.97. The smallest absolute Gasteiger partial charge is 0.268 e. The van der Waals surface area contributed by atoms with Crippen LogP contribution >= 0.6 is 0 Å². The lowest BCUT2D eigenvalue weighted by Crippen LogP contribution is -2.41. The number of carbonyl (C=O) groups excluding carboxylic acids is 1. The van der Waals surface area contributed by atoms with Gasteiger partial charge in [0.25, 0.3) is 5.91 Å². The third-order valence-corrected chi connectivity index (χ3v) is 5.26. The number of aromatic hydroxyl groups is 1. The molecule has 0 aliphatic carbocycles. The average Bonchev–Trinajstić information content (AvgIpc) is 3.21. The second-order valence-corrected chi connectivity index (χ2v) is 6.97. The highest BCUT2D eigenvalue weighted by Gasteiger charge is 2.52. The van der Waals surface area contributed by atoms with E-state index in [2.05, 4.69) is 6.92 Å². The first-order chi connectivity index (χ1) is 13.1. The molecule has 2 aromatic rings. The summed E-state index contributed by atoms with van der Waals surface area (Å²) in [6.45, 7) is 2.71. The molecule has 6 nitrogen and oxygen atoms in total. The number of anilines is 1. The number of hydrogen-bond acceptors (Lipinski definition) is 5. The van der Waals surface area contributed by atoms with E-state index in [1.165, 1.54) is 12.1 Å². The summed E-state index contributed by atoms with van der Waals surface area (Å²) in [6, 6.07) is 10.1. The van der Waals surface area contributed by atoms with E-state index >= 15 is 0 Å². The Morgan fingerprint density at radius 2 is 1.81 bits per heavy atom. The van der Waals surface area contributed by atoms with E-state index in [1.807, 2.05) is 12.1 Å². The van der Waals surface area contributed by atoms with Crippen LogP contribution in [0.5, 0.6) is 17.2 Å². The Morgan fingerprint density at radius 3 is 2.59 bits per heavy atom. The zero-order valence-corrected chi connectivity index (χ0v) is 15.3. The molecule has 1 atom stereocenters. The third-order valence-electron chi connectivity index (χ3n) is 5.26. The number of unbranched alkanes of at least 4 members (excludes halogenated alkanes) is 3. The van der Waals surface area contributed by atoms with Crippen LogP contribution in [0.1, 0.15) is 43.7 Å². The van der Waals surface area contributed by atoms with Gasteiger partial charge >= 0.3 is 0 Å². The Hall–Kier alpha value is -2.73. The summed E-state index contributed by atoms with van der Waals surface area (Å²) in [7, 11) is 0. The van der Waals surface area contributed by atoms with Crippen LogP contribution in [0.2, 0.25) is 0 Å². The van der Waals surface area contributed by atoms with Gasteiger partial charge < -0.3 is 24.6 Å². The number of aliphatic hydroxyl groups is 1. The van der Waals surface area contributed by atoms with Gasteiger partial charge in [0.1, 0.15) is 5.75 Å². The van der Waals surface area contributed by atoms with E-state index in [0.717, 1.165) is 25.7 Å². The molecule has 0 bridgehead atoms. The van der Waals surface area contributed by atoms with E-state index in [9.17, 15) is 15.0 Å². The second kappa shape index (κ2) is 6.78. The zero-order chi connectivity index (χ0) is 19.0. The van der Waals surface area contributed by atoms with E-state index < -0.39 is 11.5 Å². The maximum Gasteiger partial charge on any atom is 0.268 e. The molecule has 27 heavy (non-hydrogen) atoms. The Balaban J connectivity index is 1.75. The topological polar surface area (TPSA) is 79.2 Å². The molecule has 1 amide bonds. The highest BCUT2D eigenvalue weighted by molar-refractivity contribution is 6.09. The van der Waals surface area contributed by atoms with Crippen molar-refractivity contribution in [3.8, 4) is 17.2 Å². The van der Waals surface area contributed by atoms with Gasteiger partial charge in [-0.25, -0.2) is 0 Å². The lowest BCUT2D eigenvalue weighted by molar-refractivity contribution is -0.132. The normalized spacial score (nSPS) is 20.2. The maximum absolute atomic E-state index is 13.3. The molecular weight excluding hydrogens is 346 g/mol. The summed E-state index contributed by atoms with van der Waals surface area (Å²) in [4.78, 5) is 14.9. The van der Waals surface area contributed by atoms with Crippen molar-refractivity contribution in [2.24, 2.45) is 0 Å². The first kappa shape index (κ1) is 17.7. The molecular formula is C21H23NO5. The molecule has 1 unspecified atom stereocenters. The number of para-hydroxylation sites is 1. The number of rotatable bonds is 6. The monoisotopic (exact) mass is 369 g/mol. The van der Waals surface area contributed by atoms with Crippen molar-refractivity contribution < 1.29 is 24.5 Å². The predicted octanol–water partition coefficient (Wildman–Crippen LogP) is 3.28.